The van der Waals surface area contributed by atoms with Crippen LogP contribution in [0.25, 0.3) is 10.6 Å². The normalized spacial score (nSPS) is 12.3. The third kappa shape index (κ3) is 6.47. The first-order valence-electron chi connectivity index (χ1n) is 10.2. The van der Waals surface area contributed by atoms with E-state index < -0.39 is 16.3 Å². The van der Waals surface area contributed by atoms with Crippen LogP contribution in [0.5, 0.6) is 0 Å². The molecule has 0 saturated carbocycles. The van der Waals surface area contributed by atoms with Crippen LogP contribution in [0.2, 0.25) is 0 Å². The Kier molecular flexibility index (Phi) is 7.01. The molecule has 0 fully saturated rings. The molecule has 12 heteroatoms. The standard InChI is InChI=1S/C22H21N5O5S2/c1-14-23-21(32-26-14)12-20(28)24-18(11-15-7-9-17(10-8-15)27-34(29,30)31)19-13-33-22(25-19)16-5-3-2-4-6-16/h2-10,13,18,27H,11-12H2,1H3,(H,24,28)(H,29,30,31). The van der Waals surface area contributed by atoms with Crippen LogP contribution in [0.1, 0.15) is 29.0 Å². The SMILES string of the molecule is Cc1noc(CC(=O)NC(Cc2ccc(NS(=O)(=O)O)cc2)c2csc(-c3ccccc3)n2)n1. The van der Waals surface area contributed by atoms with E-state index >= 15 is 0 Å². The largest absolute Gasteiger partial charge is 0.357 e. The number of carbonyl (C=O) groups is 1. The van der Waals surface area contributed by atoms with Crippen molar-refractivity contribution in [2.75, 3.05) is 4.72 Å². The van der Waals surface area contributed by atoms with Crippen LogP contribution in [-0.2, 0) is 27.9 Å². The van der Waals surface area contributed by atoms with Gasteiger partial charge < -0.3 is 9.84 Å². The van der Waals surface area contributed by atoms with Crippen molar-refractivity contribution in [3.63, 3.8) is 0 Å². The number of amides is 1. The Morgan fingerprint density at radius 3 is 2.50 bits per heavy atom. The summed E-state index contributed by atoms with van der Waals surface area (Å²) in [5.41, 5.74) is 2.72. The van der Waals surface area contributed by atoms with Gasteiger partial charge in [-0.25, -0.2) is 4.98 Å². The highest BCUT2D eigenvalue weighted by atomic mass is 32.2. The molecule has 2 aromatic carbocycles. The minimum Gasteiger partial charge on any atom is -0.347 e. The van der Waals surface area contributed by atoms with Crippen LogP contribution in [0.15, 0.2) is 64.5 Å². The molecule has 0 bridgehead atoms. The van der Waals surface area contributed by atoms with Gasteiger partial charge >= 0.3 is 10.3 Å². The van der Waals surface area contributed by atoms with E-state index in [-0.39, 0.29) is 23.9 Å². The number of aromatic nitrogens is 3. The van der Waals surface area contributed by atoms with Crippen molar-refractivity contribution >= 4 is 33.2 Å². The number of hydrogen-bond acceptors (Lipinski definition) is 8. The molecular weight excluding hydrogens is 478 g/mol. The Balaban J connectivity index is 1.55. The summed E-state index contributed by atoms with van der Waals surface area (Å²) in [6.45, 7) is 1.68. The lowest BCUT2D eigenvalue weighted by Gasteiger charge is -2.17. The van der Waals surface area contributed by atoms with Crippen LogP contribution in [0.4, 0.5) is 5.69 Å². The molecule has 4 aromatic rings. The van der Waals surface area contributed by atoms with Crippen LogP contribution in [0, 0.1) is 6.92 Å². The molecule has 34 heavy (non-hydrogen) atoms. The Morgan fingerprint density at radius 1 is 1.12 bits per heavy atom. The van der Waals surface area contributed by atoms with Crippen molar-refractivity contribution < 1.29 is 22.3 Å². The molecule has 2 heterocycles. The van der Waals surface area contributed by atoms with Gasteiger partial charge in [0, 0.05) is 10.9 Å². The predicted octanol–water partition coefficient (Wildman–Crippen LogP) is 3.36. The second-order valence-electron chi connectivity index (χ2n) is 7.45. The number of rotatable bonds is 9. The minimum atomic E-state index is -4.36. The van der Waals surface area contributed by atoms with Gasteiger partial charge in [-0.15, -0.1) is 11.3 Å². The highest BCUT2D eigenvalue weighted by Gasteiger charge is 2.21. The zero-order valence-corrected chi connectivity index (χ0v) is 19.6. The first kappa shape index (κ1) is 23.5. The van der Waals surface area contributed by atoms with E-state index in [4.69, 9.17) is 14.1 Å². The zero-order valence-electron chi connectivity index (χ0n) is 18.0. The average Bonchev–Trinajstić information content (AvgIpc) is 3.43. The quantitative estimate of drug-likeness (QED) is 0.297. The summed E-state index contributed by atoms with van der Waals surface area (Å²) in [5.74, 6) is 0.371. The molecule has 1 unspecified atom stereocenters. The molecule has 0 radical (unpaired) electrons. The Morgan fingerprint density at radius 2 is 1.85 bits per heavy atom. The fourth-order valence-corrected chi connectivity index (χ4v) is 4.59. The van der Waals surface area contributed by atoms with Gasteiger partial charge in [0.05, 0.1) is 17.4 Å². The summed E-state index contributed by atoms with van der Waals surface area (Å²) in [6, 6.07) is 15.8. The monoisotopic (exact) mass is 499 g/mol. The summed E-state index contributed by atoms with van der Waals surface area (Å²) >= 11 is 1.48. The molecule has 2 aromatic heterocycles. The topological polar surface area (TPSA) is 147 Å². The zero-order chi connectivity index (χ0) is 24.1. The predicted molar refractivity (Wildman–Crippen MR) is 126 cm³/mol. The number of aryl methyl sites for hydroxylation is 1. The molecule has 10 nitrogen and oxygen atoms in total. The summed E-state index contributed by atoms with van der Waals surface area (Å²) < 4.78 is 38.0. The molecule has 176 valence electrons. The maximum atomic E-state index is 12.7. The number of nitrogens with one attached hydrogen (secondary N) is 2. The number of benzene rings is 2. The third-order valence-corrected chi connectivity index (χ3v) is 6.16. The van der Waals surface area contributed by atoms with Gasteiger partial charge in [0.1, 0.15) is 11.4 Å². The van der Waals surface area contributed by atoms with Crippen molar-refractivity contribution in [2.45, 2.75) is 25.8 Å². The van der Waals surface area contributed by atoms with Crippen LogP contribution in [0.3, 0.4) is 0 Å². The lowest BCUT2D eigenvalue weighted by molar-refractivity contribution is -0.121. The highest BCUT2D eigenvalue weighted by Crippen LogP contribution is 2.28. The van der Waals surface area contributed by atoms with E-state index in [1.165, 1.54) is 23.5 Å². The van der Waals surface area contributed by atoms with Gasteiger partial charge in [0.25, 0.3) is 0 Å². The van der Waals surface area contributed by atoms with Crippen molar-refractivity contribution in [1.29, 1.82) is 0 Å². The summed E-state index contributed by atoms with van der Waals surface area (Å²) in [4.78, 5) is 21.5. The molecule has 1 atom stereocenters. The van der Waals surface area contributed by atoms with Gasteiger partial charge in [0.2, 0.25) is 11.8 Å². The van der Waals surface area contributed by atoms with Crippen LogP contribution in [-0.4, -0.2) is 34.0 Å². The summed E-state index contributed by atoms with van der Waals surface area (Å²) in [7, 11) is -4.36. The summed E-state index contributed by atoms with van der Waals surface area (Å²) in [5, 5.41) is 9.41. The second-order valence-corrected chi connectivity index (χ2v) is 9.47. The maximum Gasteiger partial charge on any atom is 0.357 e. The van der Waals surface area contributed by atoms with E-state index in [9.17, 15) is 13.2 Å². The van der Waals surface area contributed by atoms with Crippen LogP contribution >= 0.6 is 11.3 Å². The van der Waals surface area contributed by atoms with Gasteiger partial charge in [-0.05, 0) is 31.0 Å². The molecular formula is C22H21N5O5S2. The molecule has 4 rings (SSSR count). The van der Waals surface area contributed by atoms with E-state index in [1.54, 1.807) is 19.1 Å². The van der Waals surface area contributed by atoms with Gasteiger partial charge in [-0.2, -0.15) is 13.4 Å². The number of carbonyl (C=O) groups excluding carboxylic acids is 1. The molecule has 0 aliphatic carbocycles. The smallest absolute Gasteiger partial charge is 0.347 e. The second kappa shape index (κ2) is 10.1. The Hall–Kier alpha value is -3.61. The lowest BCUT2D eigenvalue weighted by Crippen LogP contribution is -2.31. The number of nitrogens with zero attached hydrogens (tertiary/aromatic N) is 3. The van der Waals surface area contributed by atoms with E-state index in [0.717, 1.165) is 16.1 Å². The van der Waals surface area contributed by atoms with Gasteiger partial charge in [-0.1, -0.05) is 47.6 Å². The molecule has 0 spiro atoms. The van der Waals surface area contributed by atoms with E-state index in [1.807, 2.05) is 40.4 Å². The van der Waals surface area contributed by atoms with Crippen molar-refractivity contribution in [1.82, 2.24) is 20.4 Å². The number of anilines is 1. The van der Waals surface area contributed by atoms with E-state index in [0.29, 0.717) is 17.9 Å². The molecule has 0 saturated heterocycles. The first-order chi connectivity index (χ1) is 16.2. The van der Waals surface area contributed by atoms with Crippen molar-refractivity contribution in [3.05, 3.63) is 82.9 Å². The minimum absolute atomic E-state index is 0.0652. The summed E-state index contributed by atoms with van der Waals surface area (Å²) in [6.07, 6.45) is 0.336. The fourth-order valence-electron chi connectivity index (χ4n) is 3.28. The molecule has 0 aliphatic heterocycles. The average molecular weight is 500 g/mol. The van der Waals surface area contributed by atoms with Crippen molar-refractivity contribution in [3.8, 4) is 10.6 Å². The fraction of sp³-hybridized carbons (Fsp3) is 0.182. The van der Waals surface area contributed by atoms with E-state index in [2.05, 4.69) is 15.5 Å². The first-order valence-corrected chi connectivity index (χ1v) is 12.5. The van der Waals surface area contributed by atoms with Crippen molar-refractivity contribution in [2.24, 2.45) is 0 Å². The van der Waals surface area contributed by atoms with Gasteiger partial charge in [-0.3, -0.25) is 14.1 Å². The molecule has 1 amide bonds. The number of thiazole rings is 1. The Labute approximate surface area is 199 Å². The molecule has 0 aliphatic rings. The van der Waals surface area contributed by atoms with Crippen LogP contribution < -0.4 is 10.0 Å². The Bertz CT molecular complexity index is 1370. The van der Waals surface area contributed by atoms with Gasteiger partial charge in [0.15, 0.2) is 5.82 Å². The maximum absolute atomic E-state index is 12.7. The third-order valence-electron chi connectivity index (χ3n) is 4.76. The molecule has 3 N–H and O–H groups in total. The highest BCUT2D eigenvalue weighted by molar-refractivity contribution is 7.87. The number of hydrogen-bond donors (Lipinski definition) is 3. The lowest BCUT2D eigenvalue weighted by atomic mass is 10.0.